The Morgan fingerprint density at radius 2 is 2.15 bits per heavy atom. The fourth-order valence-corrected chi connectivity index (χ4v) is 1.51. The van der Waals surface area contributed by atoms with Gasteiger partial charge in [0.15, 0.2) is 0 Å². The lowest BCUT2D eigenvalue weighted by atomic mass is 10.1. The van der Waals surface area contributed by atoms with Gasteiger partial charge in [0.25, 0.3) is 5.91 Å². The van der Waals surface area contributed by atoms with Gasteiger partial charge in [0.05, 0.1) is 12.2 Å². The monoisotopic (exact) mass is 281 g/mol. The van der Waals surface area contributed by atoms with Crippen LogP contribution in [-0.4, -0.2) is 49.2 Å². The zero-order valence-electron chi connectivity index (χ0n) is 11.3. The van der Waals surface area contributed by atoms with Crippen molar-refractivity contribution in [3.05, 3.63) is 41.2 Å². The summed E-state index contributed by atoms with van der Waals surface area (Å²) in [6, 6.07) is 3.86. The molecule has 0 aliphatic heterocycles. The van der Waals surface area contributed by atoms with Gasteiger partial charge in [0.1, 0.15) is 5.82 Å². The summed E-state index contributed by atoms with van der Waals surface area (Å²) in [6.45, 7) is 0.687. The number of benzene rings is 1. The highest BCUT2D eigenvalue weighted by molar-refractivity contribution is 5.95. The van der Waals surface area contributed by atoms with E-state index in [1.54, 1.807) is 7.05 Å². The molecule has 1 rings (SSSR count). The van der Waals surface area contributed by atoms with Crippen molar-refractivity contribution in [2.75, 3.05) is 27.3 Å². The van der Waals surface area contributed by atoms with Crippen molar-refractivity contribution in [3.63, 3.8) is 0 Å². The maximum absolute atomic E-state index is 13.7. The maximum atomic E-state index is 13.7. The fourth-order valence-electron chi connectivity index (χ4n) is 1.51. The molecule has 0 radical (unpaired) electrons. The van der Waals surface area contributed by atoms with E-state index in [1.807, 2.05) is 0 Å². The lowest BCUT2D eigenvalue weighted by molar-refractivity contribution is -0.131. The molecule has 1 amide bonds. The molecule has 0 aliphatic carbocycles. The molecule has 0 saturated carbocycles. The van der Waals surface area contributed by atoms with Crippen molar-refractivity contribution in [1.29, 1.82) is 0 Å². The van der Waals surface area contributed by atoms with E-state index in [2.05, 4.69) is 0 Å². The predicted octanol–water partition coefficient (Wildman–Crippen LogP) is 1.64. The van der Waals surface area contributed by atoms with Crippen molar-refractivity contribution in [3.8, 4) is 0 Å². The number of halogens is 1. The summed E-state index contributed by atoms with van der Waals surface area (Å²) in [5.74, 6) is -2.24. The van der Waals surface area contributed by atoms with Gasteiger partial charge in [0.2, 0.25) is 0 Å². The number of ether oxygens (including phenoxy) is 1. The minimum absolute atomic E-state index is 0.101. The summed E-state index contributed by atoms with van der Waals surface area (Å²) >= 11 is 0. The quantitative estimate of drug-likeness (QED) is 0.805. The molecule has 0 atom stereocenters. The zero-order valence-corrected chi connectivity index (χ0v) is 11.3. The summed E-state index contributed by atoms with van der Waals surface area (Å²) in [4.78, 5) is 23.8. The Labute approximate surface area is 116 Å². The molecule has 0 spiro atoms. The number of methoxy groups -OCH3 is 1. The molecular weight excluding hydrogens is 265 g/mol. The van der Waals surface area contributed by atoms with Gasteiger partial charge in [-0.25, -0.2) is 9.18 Å². The van der Waals surface area contributed by atoms with Crippen LogP contribution >= 0.6 is 0 Å². The number of carbonyl (C=O) groups excluding carboxylic acids is 1. The lowest BCUT2D eigenvalue weighted by Gasteiger charge is -2.17. The van der Waals surface area contributed by atoms with Gasteiger partial charge in [-0.15, -0.1) is 0 Å². The van der Waals surface area contributed by atoms with Crippen LogP contribution in [0, 0.1) is 5.82 Å². The van der Waals surface area contributed by atoms with Crippen LogP contribution < -0.4 is 0 Å². The van der Waals surface area contributed by atoms with Crippen molar-refractivity contribution in [2.24, 2.45) is 0 Å². The van der Waals surface area contributed by atoms with Gasteiger partial charge >= 0.3 is 5.97 Å². The summed E-state index contributed by atoms with van der Waals surface area (Å²) in [7, 11) is 3.05. The lowest BCUT2D eigenvalue weighted by Crippen LogP contribution is -2.30. The molecule has 0 unspecified atom stereocenters. The van der Waals surface area contributed by atoms with E-state index in [1.165, 1.54) is 30.2 Å². The van der Waals surface area contributed by atoms with E-state index in [0.29, 0.717) is 18.7 Å². The third kappa shape index (κ3) is 4.47. The normalized spacial score (nSPS) is 10.8. The third-order valence-corrected chi connectivity index (χ3v) is 2.62. The molecule has 0 fully saturated rings. The second kappa shape index (κ2) is 7.40. The first-order valence-corrected chi connectivity index (χ1v) is 5.90. The molecule has 5 nitrogen and oxygen atoms in total. The molecule has 1 aromatic carbocycles. The fraction of sp³-hybridized carbons (Fsp3) is 0.286. The SMILES string of the molecule is COCCN(C)C(=O)c1cc(C=CC(=O)O)ccc1F. The predicted molar refractivity (Wildman–Crippen MR) is 71.9 cm³/mol. The van der Waals surface area contributed by atoms with Gasteiger partial charge < -0.3 is 14.7 Å². The van der Waals surface area contributed by atoms with E-state index in [0.717, 1.165) is 12.1 Å². The summed E-state index contributed by atoms with van der Waals surface area (Å²) in [5.41, 5.74) is 0.341. The van der Waals surface area contributed by atoms with E-state index in [4.69, 9.17) is 9.84 Å². The number of carboxylic acids is 1. The van der Waals surface area contributed by atoms with Gasteiger partial charge in [-0.2, -0.15) is 0 Å². The Kier molecular flexibility index (Phi) is 5.86. The molecule has 20 heavy (non-hydrogen) atoms. The highest BCUT2D eigenvalue weighted by atomic mass is 19.1. The topological polar surface area (TPSA) is 66.8 Å². The average Bonchev–Trinajstić information content (AvgIpc) is 2.43. The van der Waals surface area contributed by atoms with E-state index >= 15 is 0 Å². The molecule has 0 aromatic heterocycles. The smallest absolute Gasteiger partial charge is 0.328 e. The minimum atomic E-state index is -1.11. The van der Waals surface area contributed by atoms with Gasteiger partial charge in [-0.3, -0.25) is 4.79 Å². The maximum Gasteiger partial charge on any atom is 0.328 e. The van der Waals surface area contributed by atoms with Crippen molar-refractivity contribution < 1.29 is 23.8 Å². The molecule has 6 heteroatoms. The summed E-state index contributed by atoms with van der Waals surface area (Å²) < 4.78 is 18.5. The van der Waals surface area contributed by atoms with E-state index < -0.39 is 17.7 Å². The average molecular weight is 281 g/mol. The molecule has 0 aliphatic rings. The highest BCUT2D eigenvalue weighted by Crippen LogP contribution is 2.14. The van der Waals surface area contributed by atoms with Gasteiger partial charge in [-0.1, -0.05) is 6.07 Å². The van der Waals surface area contributed by atoms with Crippen LogP contribution in [0.1, 0.15) is 15.9 Å². The number of aliphatic carboxylic acids is 1. The first kappa shape index (κ1) is 15.8. The largest absolute Gasteiger partial charge is 0.478 e. The second-order valence-electron chi connectivity index (χ2n) is 4.13. The summed E-state index contributed by atoms with van der Waals surface area (Å²) in [5, 5.41) is 8.54. The Bertz CT molecular complexity index is 528. The minimum Gasteiger partial charge on any atom is -0.478 e. The van der Waals surface area contributed by atoms with Crippen molar-refractivity contribution in [2.45, 2.75) is 0 Å². The number of hydrogen-bond donors (Lipinski definition) is 1. The Morgan fingerprint density at radius 1 is 1.45 bits per heavy atom. The van der Waals surface area contributed by atoms with E-state index in [9.17, 15) is 14.0 Å². The first-order chi connectivity index (χ1) is 9.45. The Balaban J connectivity index is 2.96. The van der Waals surface area contributed by atoms with Crippen LogP contribution in [0.3, 0.4) is 0 Å². The zero-order chi connectivity index (χ0) is 15.1. The van der Waals surface area contributed by atoms with Crippen LogP contribution in [0.2, 0.25) is 0 Å². The molecule has 0 bridgehead atoms. The van der Waals surface area contributed by atoms with E-state index in [-0.39, 0.29) is 5.56 Å². The number of likely N-dealkylation sites (N-methyl/N-ethyl adjacent to an activating group) is 1. The van der Waals surface area contributed by atoms with Crippen molar-refractivity contribution >= 4 is 18.0 Å². The van der Waals surface area contributed by atoms with Crippen LogP contribution in [0.4, 0.5) is 4.39 Å². The molecule has 0 saturated heterocycles. The third-order valence-electron chi connectivity index (χ3n) is 2.62. The molecule has 0 heterocycles. The van der Waals surface area contributed by atoms with Crippen LogP contribution in [0.15, 0.2) is 24.3 Å². The van der Waals surface area contributed by atoms with Gasteiger partial charge in [-0.05, 0) is 23.8 Å². The van der Waals surface area contributed by atoms with Crippen LogP contribution in [0.5, 0.6) is 0 Å². The number of nitrogens with zero attached hydrogens (tertiary/aromatic N) is 1. The molecular formula is C14H16FNO4. The molecule has 108 valence electrons. The first-order valence-electron chi connectivity index (χ1n) is 5.90. The summed E-state index contributed by atoms with van der Waals surface area (Å²) in [6.07, 6.45) is 2.23. The standard InChI is InChI=1S/C14H16FNO4/c1-16(7-8-20-2)14(19)11-9-10(3-5-12(11)15)4-6-13(17)18/h3-6,9H,7-8H2,1-2H3,(H,17,18). The second-order valence-corrected chi connectivity index (χ2v) is 4.13. The number of amides is 1. The number of rotatable bonds is 6. The van der Waals surface area contributed by atoms with Gasteiger partial charge in [0, 0.05) is 26.8 Å². The highest BCUT2D eigenvalue weighted by Gasteiger charge is 2.16. The molecule has 1 N–H and O–H groups in total. The number of carboxylic acid groups (broad SMARTS) is 1. The van der Waals surface area contributed by atoms with Crippen LogP contribution in [-0.2, 0) is 9.53 Å². The Morgan fingerprint density at radius 3 is 2.75 bits per heavy atom. The van der Waals surface area contributed by atoms with Crippen LogP contribution in [0.25, 0.3) is 6.08 Å². The Hall–Kier alpha value is -2.21. The number of hydrogen-bond acceptors (Lipinski definition) is 3. The van der Waals surface area contributed by atoms with Crippen molar-refractivity contribution in [1.82, 2.24) is 4.90 Å². The number of carbonyl (C=O) groups is 2. The molecule has 1 aromatic rings.